The van der Waals surface area contributed by atoms with Gasteiger partial charge in [0, 0.05) is 35.2 Å². The molecule has 0 radical (unpaired) electrons. The van der Waals surface area contributed by atoms with Gasteiger partial charge in [0.05, 0.1) is 6.04 Å². The van der Waals surface area contributed by atoms with E-state index < -0.39 is 17.8 Å². The average Bonchev–Trinajstić information content (AvgIpc) is 3.32. The lowest BCUT2D eigenvalue weighted by atomic mass is 9.85. The molecule has 166 valence electrons. The molecule has 1 fully saturated rings. The van der Waals surface area contributed by atoms with Crippen molar-refractivity contribution in [3.63, 3.8) is 0 Å². The number of alkyl halides is 3. The highest BCUT2D eigenvalue weighted by Crippen LogP contribution is 2.52. The second kappa shape index (κ2) is 8.16. The topological polar surface area (TPSA) is 53.6 Å². The summed E-state index contributed by atoms with van der Waals surface area (Å²) >= 11 is 11.9. The van der Waals surface area contributed by atoms with E-state index in [-0.39, 0.29) is 28.1 Å². The highest BCUT2D eigenvalue weighted by atomic mass is 35.5. The first kappa shape index (κ1) is 22.2. The normalized spacial score (nSPS) is 23.2. The summed E-state index contributed by atoms with van der Waals surface area (Å²) < 4.78 is 42.6. The third-order valence-corrected chi connectivity index (χ3v) is 6.06. The largest absolute Gasteiger partial charge is 0.423 e. The van der Waals surface area contributed by atoms with E-state index in [0.717, 1.165) is 11.3 Å². The Kier molecular flexibility index (Phi) is 5.85. The minimum Gasteiger partial charge on any atom is -0.338 e. The number of amides is 2. The second-order valence-corrected chi connectivity index (χ2v) is 8.46. The van der Waals surface area contributed by atoms with Gasteiger partial charge in [-0.2, -0.15) is 18.7 Å². The van der Waals surface area contributed by atoms with Crippen molar-refractivity contribution in [3.05, 3.63) is 63.1 Å². The third-order valence-electron chi connectivity index (χ3n) is 5.63. The maximum absolute atomic E-state index is 14.2. The fourth-order valence-electron chi connectivity index (χ4n) is 4.13. The van der Waals surface area contributed by atoms with Gasteiger partial charge < -0.3 is 5.32 Å². The van der Waals surface area contributed by atoms with Crippen LogP contribution in [0.3, 0.4) is 0 Å². The second-order valence-electron chi connectivity index (χ2n) is 7.58. The molecule has 2 unspecified atom stereocenters. The summed E-state index contributed by atoms with van der Waals surface area (Å²) in [6.45, 7) is 2.87. The van der Waals surface area contributed by atoms with Crippen molar-refractivity contribution in [1.29, 1.82) is 0 Å². The first-order chi connectivity index (χ1) is 14.6. The molecular weight excluding hydrogens is 454 g/mol. The van der Waals surface area contributed by atoms with Crippen LogP contribution in [0.2, 0.25) is 10.0 Å². The Balaban J connectivity index is 1.64. The standard InChI is InChI=1S/C21H20Cl2F3N3O2/c1-2-27-19(30)29-6-5-13-7-12(3-4-18(13)29)17-11-20(31-28-17,21(24,25)26)14-8-15(22)10-16(23)9-14/h3-4,7-10,17,28H,2,5-6,11H2,1H3,(H,27,30). The SMILES string of the molecule is CCNC(=O)N1CCc2cc(C3CC(c4cc(Cl)cc(Cl)c4)(C(F)(F)F)ON3)ccc21. The number of anilines is 1. The van der Waals surface area contributed by atoms with Gasteiger partial charge in [0.1, 0.15) is 0 Å². The zero-order valence-corrected chi connectivity index (χ0v) is 18.0. The lowest BCUT2D eigenvalue weighted by molar-refractivity contribution is -0.282. The summed E-state index contributed by atoms with van der Waals surface area (Å²) in [7, 11) is 0. The number of fused-ring (bicyclic) bond motifs is 1. The lowest BCUT2D eigenvalue weighted by Crippen LogP contribution is -2.42. The van der Waals surface area contributed by atoms with Crippen molar-refractivity contribution >= 4 is 34.9 Å². The highest BCUT2D eigenvalue weighted by Gasteiger charge is 2.62. The van der Waals surface area contributed by atoms with Crippen LogP contribution in [0.5, 0.6) is 0 Å². The summed E-state index contributed by atoms with van der Waals surface area (Å²) in [6.07, 6.45) is -4.46. The van der Waals surface area contributed by atoms with Crippen molar-refractivity contribution in [1.82, 2.24) is 10.8 Å². The molecule has 2 aliphatic rings. The van der Waals surface area contributed by atoms with Gasteiger partial charge in [-0.3, -0.25) is 9.74 Å². The van der Waals surface area contributed by atoms with Crippen molar-refractivity contribution < 1.29 is 22.8 Å². The number of benzene rings is 2. The Morgan fingerprint density at radius 3 is 2.61 bits per heavy atom. The van der Waals surface area contributed by atoms with Gasteiger partial charge in [-0.05, 0) is 54.3 Å². The Morgan fingerprint density at radius 1 is 1.26 bits per heavy atom. The Hall–Kier alpha value is -2.00. The smallest absolute Gasteiger partial charge is 0.338 e. The number of carbonyl (C=O) groups is 1. The molecule has 2 heterocycles. The molecule has 2 aliphatic heterocycles. The van der Waals surface area contributed by atoms with Gasteiger partial charge in [-0.25, -0.2) is 4.79 Å². The fourth-order valence-corrected chi connectivity index (χ4v) is 4.65. The van der Waals surface area contributed by atoms with Gasteiger partial charge in [0.2, 0.25) is 5.60 Å². The van der Waals surface area contributed by atoms with Gasteiger partial charge in [0.15, 0.2) is 0 Å². The van der Waals surface area contributed by atoms with Crippen LogP contribution >= 0.6 is 23.2 Å². The molecule has 0 spiro atoms. The maximum atomic E-state index is 14.2. The summed E-state index contributed by atoms with van der Waals surface area (Å²) in [5.41, 5.74) is 2.13. The molecule has 5 nitrogen and oxygen atoms in total. The van der Waals surface area contributed by atoms with E-state index in [1.54, 1.807) is 17.0 Å². The number of nitrogens with zero attached hydrogens (tertiary/aromatic N) is 1. The summed E-state index contributed by atoms with van der Waals surface area (Å²) in [6, 6.07) is 8.22. The molecule has 31 heavy (non-hydrogen) atoms. The molecule has 2 aromatic carbocycles. The first-order valence-corrected chi connectivity index (χ1v) is 10.6. The van der Waals surface area contributed by atoms with Crippen molar-refractivity contribution in [3.8, 4) is 0 Å². The van der Waals surface area contributed by atoms with Crippen LogP contribution in [0.25, 0.3) is 0 Å². The Morgan fingerprint density at radius 2 is 1.97 bits per heavy atom. The van der Waals surface area contributed by atoms with Gasteiger partial charge in [-0.15, -0.1) is 0 Å². The summed E-state index contributed by atoms with van der Waals surface area (Å²) in [4.78, 5) is 19.0. The van der Waals surface area contributed by atoms with E-state index in [1.807, 2.05) is 13.0 Å². The zero-order chi connectivity index (χ0) is 22.4. The number of halogens is 5. The van der Waals surface area contributed by atoms with Crippen molar-refractivity contribution in [2.45, 2.75) is 37.6 Å². The molecule has 2 amide bonds. The maximum Gasteiger partial charge on any atom is 0.423 e. The Bertz CT molecular complexity index is 998. The number of nitrogens with one attached hydrogen (secondary N) is 2. The van der Waals surface area contributed by atoms with Crippen LogP contribution in [0.4, 0.5) is 23.7 Å². The van der Waals surface area contributed by atoms with Crippen molar-refractivity contribution in [2.75, 3.05) is 18.0 Å². The van der Waals surface area contributed by atoms with Gasteiger partial charge in [-0.1, -0.05) is 35.3 Å². The molecular formula is C21H20Cl2F3N3O2. The van der Waals surface area contributed by atoms with Crippen LogP contribution in [-0.4, -0.2) is 25.3 Å². The zero-order valence-electron chi connectivity index (χ0n) is 16.5. The van der Waals surface area contributed by atoms with Gasteiger partial charge in [0.25, 0.3) is 0 Å². The minimum absolute atomic E-state index is 0.0983. The molecule has 2 aromatic rings. The number of hydroxylamine groups is 1. The van der Waals surface area contributed by atoms with Crippen molar-refractivity contribution in [2.24, 2.45) is 0 Å². The lowest BCUT2D eigenvalue weighted by Gasteiger charge is -2.30. The quantitative estimate of drug-likeness (QED) is 0.617. The van der Waals surface area contributed by atoms with E-state index in [2.05, 4.69) is 10.8 Å². The predicted octanol–water partition coefficient (Wildman–Crippen LogP) is 5.51. The first-order valence-electron chi connectivity index (χ1n) is 9.79. The minimum atomic E-state index is -4.70. The van der Waals surface area contributed by atoms with Crippen LogP contribution in [0.1, 0.15) is 36.1 Å². The van der Waals surface area contributed by atoms with Gasteiger partial charge >= 0.3 is 12.2 Å². The number of hydrogen-bond acceptors (Lipinski definition) is 3. The molecule has 1 saturated heterocycles. The van der Waals surface area contributed by atoms with Crippen LogP contribution in [-0.2, 0) is 16.9 Å². The number of carbonyl (C=O) groups excluding carboxylic acids is 1. The van der Waals surface area contributed by atoms with E-state index in [1.165, 1.54) is 18.2 Å². The molecule has 0 saturated carbocycles. The van der Waals surface area contributed by atoms with Crippen LogP contribution < -0.4 is 15.7 Å². The number of rotatable bonds is 3. The molecule has 2 N–H and O–H groups in total. The average molecular weight is 474 g/mol. The highest BCUT2D eigenvalue weighted by molar-refractivity contribution is 6.34. The molecule has 0 bridgehead atoms. The summed E-state index contributed by atoms with van der Waals surface area (Å²) in [5.74, 6) is 0. The monoisotopic (exact) mass is 473 g/mol. The van der Waals surface area contributed by atoms with E-state index in [4.69, 9.17) is 28.0 Å². The number of urea groups is 1. The molecule has 0 aromatic heterocycles. The predicted molar refractivity (Wildman–Crippen MR) is 112 cm³/mol. The molecule has 2 atom stereocenters. The molecule has 4 rings (SSSR count). The third kappa shape index (κ3) is 3.98. The van der Waals surface area contributed by atoms with E-state index >= 15 is 0 Å². The Labute approximate surface area is 187 Å². The number of hydrogen-bond donors (Lipinski definition) is 2. The molecule has 0 aliphatic carbocycles. The van der Waals surface area contributed by atoms with Crippen LogP contribution in [0.15, 0.2) is 36.4 Å². The summed E-state index contributed by atoms with van der Waals surface area (Å²) in [5, 5.41) is 2.96. The van der Waals surface area contributed by atoms with Crippen LogP contribution in [0, 0.1) is 0 Å². The van der Waals surface area contributed by atoms with E-state index in [9.17, 15) is 18.0 Å². The van der Waals surface area contributed by atoms with E-state index in [0.29, 0.717) is 25.1 Å². The fraction of sp³-hybridized carbons (Fsp3) is 0.381. The molecule has 10 heteroatoms.